The van der Waals surface area contributed by atoms with Crippen molar-refractivity contribution < 1.29 is 23.1 Å². The summed E-state index contributed by atoms with van der Waals surface area (Å²) in [6.45, 7) is 8.76. The van der Waals surface area contributed by atoms with Crippen LogP contribution in [-0.4, -0.2) is 43.7 Å². The number of carboxylic acids is 1. The normalized spacial score (nSPS) is 19.5. The third-order valence-electron chi connectivity index (χ3n) is 6.24. The first-order valence-corrected chi connectivity index (χ1v) is 10.8. The van der Waals surface area contributed by atoms with E-state index in [9.17, 15) is 23.1 Å². The molecule has 0 amide bonds. The molecule has 1 aliphatic heterocycles. The highest BCUT2D eigenvalue weighted by molar-refractivity contribution is 5.76. The van der Waals surface area contributed by atoms with Crippen LogP contribution in [0.3, 0.4) is 0 Å². The van der Waals surface area contributed by atoms with Crippen molar-refractivity contribution in [2.45, 2.75) is 52.6 Å². The van der Waals surface area contributed by atoms with Crippen LogP contribution in [0.5, 0.6) is 0 Å². The summed E-state index contributed by atoms with van der Waals surface area (Å²) >= 11 is 0. The van der Waals surface area contributed by atoms with Gasteiger partial charge in [0, 0.05) is 42.2 Å². The second-order valence-corrected chi connectivity index (χ2v) is 9.21. The molecule has 0 aromatic carbocycles. The highest BCUT2D eigenvalue weighted by Gasteiger charge is 2.39. The van der Waals surface area contributed by atoms with Crippen molar-refractivity contribution in [3.8, 4) is 11.3 Å². The van der Waals surface area contributed by atoms with Crippen LogP contribution in [-0.2, 0) is 11.0 Å². The summed E-state index contributed by atoms with van der Waals surface area (Å²) in [6.07, 6.45) is -2.05. The SMILES string of the molecule is Cc1nc2cc(-c3ccc(C(F)(F)F)nc3)nn2c(N2CCCC(C)(C(=O)O)C2)c1C(C)C. The van der Waals surface area contributed by atoms with E-state index in [2.05, 4.69) is 20.0 Å². The molecule has 0 spiro atoms. The molecule has 176 valence electrons. The van der Waals surface area contributed by atoms with Crippen LogP contribution < -0.4 is 4.90 Å². The van der Waals surface area contributed by atoms with E-state index in [4.69, 9.17) is 0 Å². The highest BCUT2D eigenvalue weighted by atomic mass is 19.4. The van der Waals surface area contributed by atoms with E-state index in [0.717, 1.165) is 35.8 Å². The zero-order valence-electron chi connectivity index (χ0n) is 18.9. The molecule has 33 heavy (non-hydrogen) atoms. The van der Waals surface area contributed by atoms with E-state index in [1.807, 2.05) is 20.8 Å². The van der Waals surface area contributed by atoms with Crippen LogP contribution in [0.2, 0.25) is 0 Å². The molecular weight excluding hydrogens is 435 g/mol. The van der Waals surface area contributed by atoms with Crippen molar-refractivity contribution in [1.29, 1.82) is 0 Å². The van der Waals surface area contributed by atoms with Crippen LogP contribution in [0.15, 0.2) is 24.4 Å². The summed E-state index contributed by atoms with van der Waals surface area (Å²) in [6, 6.07) is 3.99. The summed E-state index contributed by atoms with van der Waals surface area (Å²) in [5, 5.41) is 14.5. The number of aliphatic carboxylic acids is 1. The van der Waals surface area contributed by atoms with Crippen molar-refractivity contribution in [1.82, 2.24) is 19.6 Å². The van der Waals surface area contributed by atoms with Gasteiger partial charge in [0.1, 0.15) is 11.5 Å². The van der Waals surface area contributed by atoms with E-state index >= 15 is 0 Å². The fraction of sp³-hybridized carbons (Fsp3) is 0.478. The lowest BCUT2D eigenvalue weighted by molar-refractivity contribution is -0.148. The average molecular weight is 461 g/mol. The van der Waals surface area contributed by atoms with Gasteiger partial charge >= 0.3 is 12.1 Å². The number of fused-ring (bicyclic) bond motifs is 1. The molecule has 4 rings (SSSR count). The van der Waals surface area contributed by atoms with Crippen molar-refractivity contribution in [3.05, 3.63) is 41.3 Å². The third-order valence-corrected chi connectivity index (χ3v) is 6.24. The molecule has 1 N–H and O–H groups in total. The summed E-state index contributed by atoms with van der Waals surface area (Å²) in [5.41, 5.74) is 1.37. The Morgan fingerprint density at radius 1 is 1.27 bits per heavy atom. The van der Waals surface area contributed by atoms with Gasteiger partial charge in [0.05, 0.1) is 11.1 Å². The van der Waals surface area contributed by atoms with E-state index < -0.39 is 23.3 Å². The maximum atomic E-state index is 12.9. The number of carboxylic acid groups (broad SMARTS) is 1. The zero-order valence-corrected chi connectivity index (χ0v) is 18.9. The first-order chi connectivity index (χ1) is 15.4. The molecule has 0 radical (unpaired) electrons. The lowest BCUT2D eigenvalue weighted by Gasteiger charge is -2.40. The first-order valence-electron chi connectivity index (χ1n) is 10.8. The number of aromatic nitrogens is 4. The number of hydrogen-bond donors (Lipinski definition) is 1. The number of carbonyl (C=O) groups is 1. The lowest BCUT2D eigenvalue weighted by Crippen LogP contribution is -2.47. The van der Waals surface area contributed by atoms with Crippen molar-refractivity contribution in [3.63, 3.8) is 0 Å². The van der Waals surface area contributed by atoms with Gasteiger partial charge in [-0.15, -0.1) is 0 Å². The Morgan fingerprint density at radius 3 is 2.58 bits per heavy atom. The van der Waals surface area contributed by atoms with Gasteiger partial charge in [0.15, 0.2) is 5.65 Å². The molecule has 3 aromatic rings. The number of anilines is 1. The Bertz CT molecular complexity index is 1200. The molecule has 1 fully saturated rings. The lowest BCUT2D eigenvalue weighted by atomic mass is 9.81. The van der Waals surface area contributed by atoms with Gasteiger partial charge in [-0.3, -0.25) is 9.78 Å². The molecular formula is C23H26F3N5O2. The summed E-state index contributed by atoms with van der Waals surface area (Å²) < 4.78 is 40.4. The minimum Gasteiger partial charge on any atom is -0.481 e. The van der Waals surface area contributed by atoms with Crippen molar-refractivity contribution >= 4 is 17.4 Å². The Kier molecular flexibility index (Phi) is 5.58. The zero-order chi connectivity index (χ0) is 24.1. The predicted octanol–water partition coefficient (Wildman–Crippen LogP) is 4.93. The Labute approximate surface area is 189 Å². The largest absolute Gasteiger partial charge is 0.481 e. The third kappa shape index (κ3) is 4.14. The molecule has 0 bridgehead atoms. The maximum Gasteiger partial charge on any atom is 0.433 e. The smallest absolute Gasteiger partial charge is 0.433 e. The minimum atomic E-state index is -4.51. The van der Waals surface area contributed by atoms with Gasteiger partial charge in [-0.05, 0) is 44.7 Å². The number of pyridine rings is 1. The van der Waals surface area contributed by atoms with Gasteiger partial charge in [0.2, 0.25) is 0 Å². The van der Waals surface area contributed by atoms with E-state index in [-0.39, 0.29) is 5.92 Å². The van der Waals surface area contributed by atoms with E-state index in [1.54, 1.807) is 17.5 Å². The molecule has 1 aliphatic rings. The Balaban J connectivity index is 1.86. The Hall–Kier alpha value is -3.17. The van der Waals surface area contributed by atoms with Gasteiger partial charge in [-0.25, -0.2) is 4.98 Å². The van der Waals surface area contributed by atoms with Crippen LogP contribution in [0.1, 0.15) is 56.5 Å². The van der Waals surface area contributed by atoms with Crippen molar-refractivity contribution in [2.75, 3.05) is 18.0 Å². The fourth-order valence-electron chi connectivity index (χ4n) is 4.54. The molecule has 1 saturated heterocycles. The van der Waals surface area contributed by atoms with Crippen LogP contribution in [0, 0.1) is 12.3 Å². The standard InChI is InChI=1S/C23H26F3N5O2/c1-13(2)19-14(3)28-18-10-16(15-6-7-17(27-11-15)23(24,25)26)29-31(18)20(19)30-9-5-8-22(4,12-30)21(32)33/h6-7,10-11,13H,5,8-9,12H2,1-4H3,(H,32,33). The van der Waals surface area contributed by atoms with Gasteiger partial charge in [0.25, 0.3) is 0 Å². The number of aryl methyl sites for hydroxylation is 1. The number of piperidine rings is 1. The molecule has 0 aliphatic carbocycles. The molecule has 1 unspecified atom stereocenters. The first kappa shape index (κ1) is 23.0. The van der Waals surface area contributed by atoms with Gasteiger partial charge < -0.3 is 10.0 Å². The number of halogens is 3. The summed E-state index contributed by atoms with van der Waals surface area (Å²) in [5.74, 6) is 0.0541. The monoisotopic (exact) mass is 461 g/mol. The van der Waals surface area contributed by atoms with Crippen molar-refractivity contribution in [2.24, 2.45) is 5.41 Å². The van der Waals surface area contributed by atoms with Crippen LogP contribution >= 0.6 is 0 Å². The van der Waals surface area contributed by atoms with Gasteiger partial charge in [-0.2, -0.15) is 22.8 Å². The quantitative estimate of drug-likeness (QED) is 0.593. The molecule has 10 heteroatoms. The summed E-state index contributed by atoms with van der Waals surface area (Å²) in [7, 11) is 0. The molecule has 4 heterocycles. The number of rotatable bonds is 4. The number of nitrogens with zero attached hydrogens (tertiary/aromatic N) is 5. The Morgan fingerprint density at radius 2 is 2.00 bits per heavy atom. The van der Waals surface area contributed by atoms with E-state index in [1.165, 1.54) is 6.07 Å². The minimum absolute atomic E-state index is 0.107. The molecule has 1 atom stereocenters. The maximum absolute atomic E-state index is 12.9. The van der Waals surface area contributed by atoms with Crippen LogP contribution in [0.4, 0.5) is 19.0 Å². The number of alkyl halides is 3. The highest BCUT2D eigenvalue weighted by Crippen LogP contribution is 2.38. The summed E-state index contributed by atoms with van der Waals surface area (Å²) in [4.78, 5) is 22.2. The molecule has 7 nitrogen and oxygen atoms in total. The predicted molar refractivity (Wildman–Crippen MR) is 117 cm³/mol. The second kappa shape index (κ2) is 8.00. The molecule has 0 saturated carbocycles. The second-order valence-electron chi connectivity index (χ2n) is 9.21. The van der Waals surface area contributed by atoms with Gasteiger partial charge in [-0.1, -0.05) is 13.8 Å². The van der Waals surface area contributed by atoms with E-state index in [0.29, 0.717) is 36.4 Å². The number of hydrogen-bond acceptors (Lipinski definition) is 5. The molecule has 3 aromatic heterocycles. The average Bonchev–Trinajstić information content (AvgIpc) is 3.15. The fourth-order valence-corrected chi connectivity index (χ4v) is 4.54. The topological polar surface area (TPSA) is 83.6 Å². The van der Waals surface area contributed by atoms with Crippen LogP contribution in [0.25, 0.3) is 16.9 Å².